The lowest BCUT2D eigenvalue weighted by Gasteiger charge is -2.43. The molecule has 6 rings (SSSR count). The van der Waals surface area contributed by atoms with Crippen molar-refractivity contribution in [2.45, 2.75) is 193 Å². The van der Waals surface area contributed by atoms with Crippen LogP contribution < -0.4 is 0 Å². The number of aliphatic hydroxyl groups is 4. The molecule has 3 fully saturated rings. The van der Waals surface area contributed by atoms with E-state index in [0.717, 1.165) is 17.0 Å². The van der Waals surface area contributed by atoms with E-state index in [1.54, 1.807) is 65.0 Å². The predicted octanol–water partition coefficient (Wildman–Crippen LogP) is 9.42. The van der Waals surface area contributed by atoms with Gasteiger partial charge in [0, 0.05) is 72.5 Å². The van der Waals surface area contributed by atoms with E-state index in [-0.39, 0.29) is 78.9 Å². The smallest absolute Gasteiger partial charge is 0.329 e. The summed E-state index contributed by atoms with van der Waals surface area (Å²) in [5.74, 6) is -13.2. The van der Waals surface area contributed by atoms with Crippen LogP contribution >= 0.6 is 22.6 Å². The Kier molecular flexibility index (Phi) is 28.1. The van der Waals surface area contributed by atoms with Crippen LogP contribution in [-0.4, -0.2) is 162 Å². The number of carbonyl (C=O) groups is 6. The highest BCUT2D eigenvalue weighted by Gasteiger charge is 2.53. The Morgan fingerprint density at radius 2 is 1.61 bits per heavy atom. The maximum Gasteiger partial charge on any atom is 0.329 e. The number of hydrogen-bond donors (Lipinski definition) is 4. The van der Waals surface area contributed by atoms with Crippen molar-refractivity contribution < 1.29 is 90.8 Å². The molecule has 2 saturated heterocycles. The maximum atomic E-state index is 15.2. The second-order valence-electron chi connectivity index (χ2n) is 25.1. The average molecular weight is 1360 g/mol. The molecule has 1 aliphatic carbocycles. The number of aliphatic hydroxyl groups excluding tert-OH is 3. The molecule has 1 unspecified atom stereocenters. The van der Waals surface area contributed by atoms with Gasteiger partial charge in [-0.05, 0) is 159 Å². The monoisotopic (exact) mass is 1360 g/mol. The topological polar surface area (TPSA) is 242 Å². The average Bonchev–Trinajstić information content (AvgIpc) is 1.14. The Hall–Kier alpha value is -4.82. The molecule has 0 aromatic heterocycles. The number of esters is 1. The number of ketones is 4. The Labute approximate surface area is 534 Å². The van der Waals surface area contributed by atoms with Crippen LogP contribution in [0.15, 0.2) is 77.9 Å². The number of ether oxygens (including phenoxy) is 6. The Balaban J connectivity index is 1.25. The molecular weight excluding hydrogens is 1270 g/mol. The minimum atomic E-state index is -2.64. The molecule has 17 nitrogen and oxygen atoms in total. The predicted molar refractivity (Wildman–Crippen MR) is 334 cm³/mol. The molecule has 0 radical (unpaired) electrons. The van der Waals surface area contributed by atoms with Gasteiger partial charge in [-0.2, -0.15) is 0 Å². The number of hydrogen-bond acceptors (Lipinski definition) is 16. The number of methoxy groups -OCH3 is 2. The maximum absolute atomic E-state index is 15.2. The molecule has 89 heavy (non-hydrogen) atoms. The zero-order valence-corrected chi connectivity index (χ0v) is 54.8. The molecule has 4 N–H and O–H groups in total. The molecular formula is C68H91F3INO16. The number of fused-ring (bicyclic) bond motifs is 3. The van der Waals surface area contributed by atoms with Crippen LogP contribution in [0, 0.1) is 56.5 Å². The first-order valence-corrected chi connectivity index (χ1v) is 32.2. The highest BCUT2D eigenvalue weighted by atomic mass is 127. The van der Waals surface area contributed by atoms with Gasteiger partial charge in [0.25, 0.3) is 11.7 Å². The number of nitrogens with zero attached hydrogens (tertiary/aromatic N) is 1. The second-order valence-corrected chi connectivity index (χ2v) is 26.3. The van der Waals surface area contributed by atoms with Gasteiger partial charge in [0.15, 0.2) is 23.2 Å². The first-order valence-electron chi connectivity index (χ1n) is 31.1. The van der Waals surface area contributed by atoms with E-state index in [1.165, 1.54) is 26.4 Å². The van der Waals surface area contributed by atoms with Gasteiger partial charge in [0.2, 0.25) is 5.79 Å². The van der Waals surface area contributed by atoms with Crippen molar-refractivity contribution in [2.75, 3.05) is 40.6 Å². The zero-order chi connectivity index (χ0) is 65.4. The number of cyclic esters (lactones) is 1. The van der Waals surface area contributed by atoms with Gasteiger partial charge in [-0.3, -0.25) is 24.0 Å². The fourth-order valence-corrected chi connectivity index (χ4v) is 13.0. The lowest BCUT2D eigenvalue weighted by Crippen LogP contribution is -2.61. The van der Waals surface area contributed by atoms with Gasteiger partial charge in [0.1, 0.15) is 48.7 Å². The molecule has 3 heterocycles. The summed E-state index contributed by atoms with van der Waals surface area (Å²) < 4.78 is 80.7. The van der Waals surface area contributed by atoms with Crippen molar-refractivity contribution in [3.05, 3.63) is 116 Å². The Bertz CT molecular complexity index is 2920. The Morgan fingerprint density at radius 3 is 2.31 bits per heavy atom. The summed E-state index contributed by atoms with van der Waals surface area (Å²) >= 11 is 1.91. The number of Topliss-reactive ketones (excluding diaryl/α,β-unsaturated/α-hetero) is 4. The Morgan fingerprint density at radius 1 is 0.865 bits per heavy atom. The van der Waals surface area contributed by atoms with E-state index in [2.05, 4.69) is 0 Å². The fraction of sp³-hybridized carbons (Fsp3) is 0.618. The highest BCUT2D eigenvalue weighted by Crippen LogP contribution is 2.38. The van der Waals surface area contributed by atoms with Crippen LogP contribution in [0.5, 0.6) is 0 Å². The number of benzene rings is 2. The first kappa shape index (κ1) is 73.2. The van der Waals surface area contributed by atoms with E-state index in [4.69, 9.17) is 28.4 Å². The summed E-state index contributed by atoms with van der Waals surface area (Å²) in [6.07, 6.45) is 6.34. The van der Waals surface area contributed by atoms with Crippen LogP contribution in [0.4, 0.5) is 13.2 Å². The van der Waals surface area contributed by atoms with Crippen molar-refractivity contribution in [1.29, 1.82) is 0 Å². The van der Waals surface area contributed by atoms with Crippen molar-refractivity contribution in [3.8, 4) is 0 Å². The second kappa shape index (κ2) is 34.2. The minimum Gasteiger partial charge on any atom is -0.460 e. The summed E-state index contributed by atoms with van der Waals surface area (Å²) in [6.45, 7) is 10.7. The van der Waals surface area contributed by atoms with Gasteiger partial charge in [-0.15, -0.1) is 0 Å². The van der Waals surface area contributed by atoms with Crippen molar-refractivity contribution >= 4 is 57.6 Å². The summed E-state index contributed by atoms with van der Waals surface area (Å²) in [6, 6.07) is 4.89. The molecule has 1 saturated carbocycles. The normalized spacial score (nSPS) is 32.4. The molecule has 3 aliphatic heterocycles. The van der Waals surface area contributed by atoms with E-state index in [1.807, 2.05) is 48.6 Å². The number of rotatable bonds is 15. The number of amides is 1. The number of piperidine rings is 1. The molecule has 492 valence electrons. The van der Waals surface area contributed by atoms with Crippen molar-refractivity contribution in [2.24, 2.45) is 35.5 Å². The van der Waals surface area contributed by atoms with E-state index in [9.17, 15) is 58.0 Å². The molecule has 2 aromatic carbocycles. The number of allylic oxidation sites excluding steroid dienone is 6. The lowest BCUT2D eigenvalue weighted by molar-refractivity contribution is -0.266. The van der Waals surface area contributed by atoms with Gasteiger partial charge < -0.3 is 53.7 Å². The van der Waals surface area contributed by atoms with E-state index >= 15 is 4.39 Å². The fourth-order valence-electron chi connectivity index (χ4n) is 12.6. The van der Waals surface area contributed by atoms with Gasteiger partial charge >= 0.3 is 5.97 Å². The molecule has 2 bridgehead atoms. The first-order chi connectivity index (χ1) is 42.2. The van der Waals surface area contributed by atoms with Crippen LogP contribution in [0.1, 0.15) is 147 Å². The largest absolute Gasteiger partial charge is 0.460 e. The van der Waals surface area contributed by atoms with E-state index < -0.39 is 145 Å². The zero-order valence-electron chi connectivity index (χ0n) is 52.7. The van der Waals surface area contributed by atoms with Gasteiger partial charge in [-0.25, -0.2) is 18.0 Å². The van der Waals surface area contributed by atoms with E-state index in [0.29, 0.717) is 66.1 Å². The lowest BCUT2D eigenvalue weighted by atomic mass is 9.78. The van der Waals surface area contributed by atoms with Gasteiger partial charge in [-0.1, -0.05) is 77.1 Å². The number of halogens is 4. The third kappa shape index (κ3) is 19.8. The summed E-state index contributed by atoms with van der Waals surface area (Å²) in [7, 11) is 2.88. The summed E-state index contributed by atoms with van der Waals surface area (Å²) in [5.41, 5.74) is 0.410. The third-order valence-corrected chi connectivity index (χ3v) is 18.8. The van der Waals surface area contributed by atoms with Crippen molar-refractivity contribution in [3.63, 3.8) is 0 Å². The molecule has 16 atom stereocenters. The van der Waals surface area contributed by atoms with Crippen LogP contribution in [0.25, 0.3) is 0 Å². The SMILES string of the molecule is CO[C@@H]1C[C@@H](CC(C)[C@@H]2CC(=O)[C@H](C)/C=C(\C)[C@@H](O)[C@@H](OC)C(=O)[C@H](C)C[C@H](C)/C=C/C=C/C=C(C)[C@H](OC[C@@H](O)COCC(=O)c3ccc(F)c(F)c3Cc3ccc(I)cc3F)C[C@@H]3CC[C@@H](C)[C@@](O)(O3)C(=O)C(=O)N3CCCC[C@H]3C(=O)O2)CC[C@H]1O. The van der Waals surface area contributed by atoms with Crippen molar-refractivity contribution in [1.82, 2.24) is 4.90 Å². The molecule has 1 amide bonds. The standard InChI is InChI=1S/C68H91F3INO16/c1-38-15-11-10-12-16-39(2)58(87-36-48(74)35-86-37-57(77)50-23-24-52(69)61(71)51(50)31-46-20-21-47(72)32-53(46)70)33-49-22-18-44(7)68(83,89-49)65(80)66(81)73-26-14-13-17-54(73)67(82)88-59(41(4)29-45-19-25-55(75)60(30-45)84-8)34-56(76)40(3)28-43(6)63(79)64(85-9)62(78)42(5)27-38/h10-12,15-16,20-21,23-24,28,32,38,40-42,44-45,48-49,54-55,58-60,63-64,74-75,79,83H,13-14,17-19,22,25-27,29-31,33-37H2,1-9H3/b12-10+,15-11+,39-16?,43-28+/t38-,40-,41?,42-,44-,45-,48+,49+,54+,55-,58-,59+,60-,63-,64+,68-/m1/s1. The molecule has 0 spiro atoms. The molecule has 4 aliphatic rings. The summed E-state index contributed by atoms with van der Waals surface area (Å²) in [5, 5.41) is 45.6. The third-order valence-electron chi connectivity index (χ3n) is 18.1. The van der Waals surface area contributed by atoms with Crippen LogP contribution in [0.2, 0.25) is 0 Å². The number of carbonyl (C=O) groups excluding carboxylic acids is 6. The van der Waals surface area contributed by atoms with Gasteiger partial charge in [0.05, 0.1) is 37.6 Å². The minimum absolute atomic E-state index is 0.00689. The molecule has 2 aromatic rings. The summed E-state index contributed by atoms with van der Waals surface area (Å²) in [4.78, 5) is 86.6. The van der Waals surface area contributed by atoms with Crippen LogP contribution in [0.3, 0.4) is 0 Å². The highest BCUT2D eigenvalue weighted by molar-refractivity contribution is 14.1. The molecule has 21 heteroatoms. The quantitative estimate of drug-likeness (QED) is 0.0427. The van der Waals surface area contributed by atoms with Crippen LogP contribution in [-0.2, 0) is 58.8 Å².